The largest absolute Gasteiger partial charge is 0.481 e. The number of primary amides is 1. The molecule has 2 aliphatic heterocycles. The van der Waals surface area contributed by atoms with E-state index in [1.54, 1.807) is 0 Å². The van der Waals surface area contributed by atoms with Gasteiger partial charge in [-0.05, 0) is 20.3 Å². The molecule has 2 rings (SSSR count). The maximum atomic E-state index is 12.5. The molecule has 16 N–H and O–H groups in total. The van der Waals surface area contributed by atoms with E-state index in [9.17, 15) is 50.1 Å². The Labute approximate surface area is 240 Å². The second-order valence-corrected chi connectivity index (χ2v) is 10.6. The summed E-state index contributed by atoms with van der Waals surface area (Å²) < 4.78 is 16.8. The Morgan fingerprint density at radius 2 is 1.50 bits per heavy atom. The fourth-order valence-electron chi connectivity index (χ4n) is 4.96. The first-order valence-corrected chi connectivity index (χ1v) is 13.2. The van der Waals surface area contributed by atoms with E-state index in [4.69, 9.17) is 36.5 Å². The van der Waals surface area contributed by atoms with Crippen molar-refractivity contribution in [1.82, 2.24) is 10.6 Å². The van der Waals surface area contributed by atoms with Gasteiger partial charge in [-0.25, -0.2) is 4.79 Å². The van der Waals surface area contributed by atoms with Crippen LogP contribution < -0.4 is 27.8 Å². The maximum absolute atomic E-state index is 12.5. The van der Waals surface area contributed by atoms with Crippen molar-refractivity contribution in [3.8, 4) is 0 Å². The minimum atomic E-state index is -2.29. The number of aliphatic hydroxyl groups excluding tert-OH is 6. The number of rotatable bonds is 15. The molecule has 0 aromatic carbocycles. The zero-order valence-electron chi connectivity index (χ0n) is 23.1. The van der Waals surface area contributed by atoms with E-state index in [-0.39, 0.29) is 6.42 Å². The van der Waals surface area contributed by atoms with Crippen LogP contribution in [-0.4, -0.2) is 157 Å². The van der Waals surface area contributed by atoms with Crippen molar-refractivity contribution in [2.75, 3.05) is 13.2 Å². The van der Waals surface area contributed by atoms with Gasteiger partial charge in [-0.1, -0.05) is 0 Å². The number of hydrogen-bond donors (Lipinski definition) is 13. The van der Waals surface area contributed by atoms with Gasteiger partial charge in [0.2, 0.25) is 5.91 Å². The van der Waals surface area contributed by atoms with Crippen molar-refractivity contribution in [1.29, 1.82) is 0 Å². The van der Waals surface area contributed by atoms with Crippen LogP contribution in [0.2, 0.25) is 0 Å². The Morgan fingerprint density at radius 3 is 2.00 bits per heavy atom. The number of carbonyl (C=O) groups excluding carboxylic acids is 1. The molecule has 2 aliphatic rings. The molecule has 244 valence electrons. The predicted molar refractivity (Wildman–Crippen MR) is 138 cm³/mol. The van der Waals surface area contributed by atoms with Crippen LogP contribution in [-0.2, 0) is 28.6 Å². The van der Waals surface area contributed by atoms with Crippen molar-refractivity contribution >= 4 is 17.8 Å². The summed E-state index contributed by atoms with van der Waals surface area (Å²) in [6.07, 6.45) is -14.2. The molecular weight excluding hydrogens is 570 g/mol. The molecule has 0 saturated carbocycles. The third-order valence-electron chi connectivity index (χ3n) is 7.50. The predicted octanol–water partition coefficient (Wildman–Crippen LogP) is -6.97. The van der Waals surface area contributed by atoms with Gasteiger partial charge in [-0.2, -0.15) is 0 Å². The Kier molecular flexibility index (Phi) is 12.9. The van der Waals surface area contributed by atoms with Gasteiger partial charge in [0, 0.05) is 6.42 Å². The minimum Gasteiger partial charge on any atom is -0.481 e. The summed E-state index contributed by atoms with van der Waals surface area (Å²) in [5.41, 5.74) is 15.2. The van der Waals surface area contributed by atoms with Crippen LogP contribution >= 0.6 is 0 Å². The number of nitrogens with two attached hydrogens (primary N) is 3. The molecule has 0 spiro atoms. The third kappa shape index (κ3) is 8.29. The molecule has 0 aliphatic carbocycles. The van der Waals surface area contributed by atoms with Crippen molar-refractivity contribution in [2.24, 2.45) is 17.2 Å². The summed E-state index contributed by atoms with van der Waals surface area (Å²) in [5, 5.41) is 85.3. The Bertz CT molecular complexity index is 932. The molecule has 1 amide bonds. The molecule has 0 bridgehead atoms. The summed E-state index contributed by atoms with van der Waals surface area (Å²) in [4.78, 5) is 35.7. The van der Waals surface area contributed by atoms with E-state index in [1.807, 2.05) is 0 Å². The topological polar surface area (TPSA) is 343 Å². The fraction of sp³-hybridized carbons (Fsp3) is 0.870. The number of nitrogens with one attached hydrogen (secondary N) is 2. The summed E-state index contributed by atoms with van der Waals surface area (Å²) in [6.45, 7) is 0.957. The van der Waals surface area contributed by atoms with Crippen LogP contribution in [0.1, 0.15) is 26.7 Å². The second kappa shape index (κ2) is 15.1. The highest BCUT2D eigenvalue weighted by molar-refractivity contribution is 5.83. The molecule has 14 atom stereocenters. The highest BCUT2D eigenvalue weighted by Crippen LogP contribution is 2.28. The Balaban J connectivity index is 2.50. The number of carboxylic acids is 2. The van der Waals surface area contributed by atoms with Crippen molar-refractivity contribution in [3.63, 3.8) is 0 Å². The van der Waals surface area contributed by atoms with Crippen LogP contribution in [0.3, 0.4) is 0 Å². The van der Waals surface area contributed by atoms with Gasteiger partial charge >= 0.3 is 11.9 Å². The van der Waals surface area contributed by atoms with Crippen molar-refractivity contribution < 1.29 is 69.4 Å². The number of aliphatic carboxylic acids is 2. The normalized spacial score (nSPS) is 37.3. The number of aliphatic hydroxyl groups is 6. The van der Waals surface area contributed by atoms with Gasteiger partial charge < -0.3 is 72.3 Å². The molecule has 0 aromatic heterocycles. The SMILES string of the molecule is CC(O[C@@H]1[C@@H](N)[C@@H](O)O[C@H](CO)[C@H]1O)C(N[C@](C)(N[C@H](CCC(=O)O)C(N)=O)C(=O)O)C1O[C@H](CO)[C@@H](O)[C@H](O)[C@H]1N. The minimum absolute atomic E-state index is 0.383. The van der Waals surface area contributed by atoms with Gasteiger partial charge in [0.25, 0.3) is 0 Å². The van der Waals surface area contributed by atoms with Crippen LogP contribution in [0.5, 0.6) is 0 Å². The molecular formula is C23H43N5O14. The molecule has 2 saturated heterocycles. The van der Waals surface area contributed by atoms with Gasteiger partial charge in [0.15, 0.2) is 12.0 Å². The average Bonchev–Trinajstić information content (AvgIpc) is 2.92. The first-order chi connectivity index (χ1) is 19.5. The molecule has 19 heteroatoms. The molecule has 19 nitrogen and oxygen atoms in total. The van der Waals surface area contributed by atoms with Crippen LogP contribution in [0.15, 0.2) is 0 Å². The van der Waals surface area contributed by atoms with E-state index in [1.165, 1.54) is 6.92 Å². The Morgan fingerprint density at radius 1 is 0.929 bits per heavy atom. The van der Waals surface area contributed by atoms with Gasteiger partial charge in [-0.15, -0.1) is 0 Å². The highest BCUT2D eigenvalue weighted by atomic mass is 16.6. The van der Waals surface area contributed by atoms with Crippen molar-refractivity contribution in [2.45, 2.75) is 112 Å². The van der Waals surface area contributed by atoms with E-state index in [2.05, 4.69) is 10.6 Å². The smallest absolute Gasteiger partial charge is 0.338 e. The average molecular weight is 614 g/mol. The lowest BCUT2D eigenvalue weighted by molar-refractivity contribution is -0.268. The van der Waals surface area contributed by atoms with Crippen molar-refractivity contribution in [3.05, 3.63) is 0 Å². The van der Waals surface area contributed by atoms with Gasteiger partial charge in [-0.3, -0.25) is 20.2 Å². The zero-order chi connectivity index (χ0) is 32.1. The highest BCUT2D eigenvalue weighted by Gasteiger charge is 2.52. The van der Waals surface area contributed by atoms with Gasteiger partial charge in [0.05, 0.1) is 49.6 Å². The summed E-state index contributed by atoms with van der Waals surface area (Å²) in [5.74, 6) is -3.94. The van der Waals surface area contributed by atoms with Crippen LogP contribution in [0.4, 0.5) is 0 Å². The molecule has 2 heterocycles. The lowest BCUT2D eigenvalue weighted by atomic mass is 9.87. The molecule has 42 heavy (non-hydrogen) atoms. The monoisotopic (exact) mass is 613 g/mol. The van der Waals surface area contributed by atoms with E-state index in [0.29, 0.717) is 0 Å². The number of carbonyl (C=O) groups is 3. The first kappa shape index (κ1) is 36.1. The fourth-order valence-corrected chi connectivity index (χ4v) is 4.96. The lowest BCUT2D eigenvalue weighted by Crippen LogP contribution is -2.75. The molecule has 2 fully saturated rings. The molecule has 3 unspecified atom stereocenters. The number of carboxylic acid groups (broad SMARTS) is 2. The van der Waals surface area contributed by atoms with E-state index in [0.717, 1.165) is 6.92 Å². The maximum Gasteiger partial charge on any atom is 0.338 e. The number of ether oxygens (including phenoxy) is 3. The summed E-state index contributed by atoms with van der Waals surface area (Å²) in [6, 6.07) is -5.66. The van der Waals surface area contributed by atoms with Gasteiger partial charge in [0.1, 0.15) is 36.6 Å². The zero-order valence-corrected chi connectivity index (χ0v) is 23.1. The van der Waals surface area contributed by atoms with Crippen LogP contribution in [0, 0.1) is 0 Å². The first-order valence-electron chi connectivity index (χ1n) is 13.2. The summed E-state index contributed by atoms with van der Waals surface area (Å²) in [7, 11) is 0. The quantitative estimate of drug-likeness (QED) is 0.0762. The third-order valence-corrected chi connectivity index (χ3v) is 7.50. The second-order valence-electron chi connectivity index (χ2n) is 10.6. The molecule has 0 aromatic rings. The van der Waals surface area contributed by atoms with E-state index < -0.39 is 122 Å². The van der Waals surface area contributed by atoms with E-state index >= 15 is 0 Å². The lowest BCUT2D eigenvalue weighted by Gasteiger charge is -2.49. The van der Waals surface area contributed by atoms with Crippen LogP contribution in [0.25, 0.3) is 0 Å². The Hall–Kier alpha value is -2.11. The standard InChI is InChI=1S/C23H43N5O14/c1-7(40-19-13(25)21(37)42-10(6-30)16(19)34)14(18-12(24)17(35)15(33)9(5-29)41-18)28-23(2,22(38)39)27-8(20(26)36)3-4-11(31)32/h7-10,12-19,21,27-30,33-35,37H,3-6,24-25H2,1-2H3,(H2,26,36)(H,31,32)(H,38,39)/t7?,8-,9-,10-,12-,13-,14?,15-,16-,17-,18?,19-,21+,23+/m1/s1. The molecule has 0 radical (unpaired) electrons. The number of amides is 1. The number of hydrogen-bond acceptors (Lipinski definition) is 16. The summed E-state index contributed by atoms with van der Waals surface area (Å²) >= 11 is 0.